The lowest BCUT2D eigenvalue weighted by Gasteiger charge is -2.03. The van der Waals surface area contributed by atoms with Crippen LogP contribution in [0.4, 0.5) is 0 Å². The molecule has 1 rings (SSSR count). The van der Waals surface area contributed by atoms with Crippen molar-refractivity contribution in [3.05, 3.63) is 47.7 Å². The summed E-state index contributed by atoms with van der Waals surface area (Å²) in [6.45, 7) is 3.80. The average Bonchev–Trinajstić information content (AvgIpc) is 2.51. The topological polar surface area (TPSA) is 52.6 Å². The van der Waals surface area contributed by atoms with E-state index in [4.69, 9.17) is 9.47 Å². The SMILES string of the molecule is CCOC(=O)C(C)=C=CCCCCC(=O)Oc1ccccc1. The lowest BCUT2D eigenvalue weighted by atomic mass is 10.2. The van der Waals surface area contributed by atoms with Gasteiger partial charge in [-0.1, -0.05) is 18.2 Å². The molecule has 0 fully saturated rings. The first-order chi connectivity index (χ1) is 10.6. The highest BCUT2D eigenvalue weighted by atomic mass is 16.5. The van der Waals surface area contributed by atoms with Crippen LogP contribution in [0.15, 0.2) is 47.7 Å². The zero-order valence-corrected chi connectivity index (χ0v) is 13.1. The highest BCUT2D eigenvalue weighted by Gasteiger charge is 2.04. The van der Waals surface area contributed by atoms with Gasteiger partial charge in [0, 0.05) is 6.42 Å². The summed E-state index contributed by atoms with van der Waals surface area (Å²) in [5.41, 5.74) is 3.36. The van der Waals surface area contributed by atoms with Gasteiger partial charge in [-0.05, 0) is 51.3 Å². The van der Waals surface area contributed by atoms with Gasteiger partial charge in [-0.3, -0.25) is 4.79 Å². The molecule has 0 saturated carbocycles. The second kappa shape index (κ2) is 10.4. The number of carbonyl (C=O) groups excluding carboxylic acids is 2. The fraction of sp³-hybridized carbons (Fsp3) is 0.389. The quantitative estimate of drug-likeness (QED) is 0.241. The minimum absolute atomic E-state index is 0.228. The summed E-state index contributed by atoms with van der Waals surface area (Å²) in [6.07, 6.45) is 4.52. The molecule has 0 heterocycles. The monoisotopic (exact) mass is 302 g/mol. The molecule has 0 aliphatic heterocycles. The van der Waals surface area contributed by atoms with Crippen molar-refractivity contribution in [2.75, 3.05) is 6.61 Å². The molecule has 0 aliphatic carbocycles. The number of benzene rings is 1. The van der Waals surface area contributed by atoms with E-state index in [-0.39, 0.29) is 11.9 Å². The number of unbranched alkanes of at least 4 members (excludes halogenated alkanes) is 2. The molecular formula is C18H22O4. The number of esters is 2. The van der Waals surface area contributed by atoms with Crippen molar-refractivity contribution >= 4 is 11.9 Å². The van der Waals surface area contributed by atoms with Crippen molar-refractivity contribution in [3.8, 4) is 5.75 Å². The minimum atomic E-state index is -0.342. The third-order valence-electron chi connectivity index (χ3n) is 2.85. The molecule has 0 atom stereocenters. The molecule has 0 bridgehead atoms. The molecule has 0 aliphatic rings. The summed E-state index contributed by atoms with van der Waals surface area (Å²) in [5, 5.41) is 0. The van der Waals surface area contributed by atoms with Gasteiger partial charge in [0.25, 0.3) is 0 Å². The van der Waals surface area contributed by atoms with Crippen LogP contribution < -0.4 is 4.74 Å². The molecule has 0 aromatic heterocycles. The van der Waals surface area contributed by atoms with Crippen LogP contribution in [0.2, 0.25) is 0 Å². The molecule has 22 heavy (non-hydrogen) atoms. The van der Waals surface area contributed by atoms with E-state index in [1.165, 1.54) is 0 Å². The molecule has 1 aromatic rings. The van der Waals surface area contributed by atoms with E-state index in [9.17, 15) is 9.59 Å². The Morgan fingerprint density at radius 3 is 2.59 bits per heavy atom. The normalized spacial score (nSPS) is 9.55. The summed E-state index contributed by atoms with van der Waals surface area (Å²) >= 11 is 0. The van der Waals surface area contributed by atoms with Crippen molar-refractivity contribution in [3.63, 3.8) is 0 Å². The van der Waals surface area contributed by atoms with E-state index in [1.54, 1.807) is 32.1 Å². The molecule has 0 N–H and O–H groups in total. The van der Waals surface area contributed by atoms with Crippen LogP contribution in [0.1, 0.15) is 39.5 Å². The van der Waals surface area contributed by atoms with Gasteiger partial charge in [-0.15, -0.1) is 5.73 Å². The number of carbonyl (C=O) groups is 2. The first-order valence-electron chi connectivity index (χ1n) is 7.48. The Morgan fingerprint density at radius 1 is 1.18 bits per heavy atom. The molecule has 4 heteroatoms. The second-order valence-electron chi connectivity index (χ2n) is 4.73. The standard InChI is InChI=1S/C18H22O4/c1-3-21-18(20)15(2)11-7-4-5-10-14-17(19)22-16-12-8-6-9-13-16/h6-9,12-13H,3-5,10,14H2,1-2H3. The fourth-order valence-corrected chi connectivity index (χ4v) is 1.71. The van der Waals surface area contributed by atoms with Crippen molar-refractivity contribution < 1.29 is 19.1 Å². The summed E-state index contributed by atoms with van der Waals surface area (Å²) in [4.78, 5) is 22.9. The summed E-state index contributed by atoms with van der Waals surface area (Å²) in [7, 11) is 0. The van der Waals surface area contributed by atoms with Crippen LogP contribution in [0.25, 0.3) is 0 Å². The van der Waals surface area contributed by atoms with E-state index in [2.05, 4.69) is 5.73 Å². The maximum absolute atomic E-state index is 11.6. The number of hydrogen-bond acceptors (Lipinski definition) is 4. The largest absolute Gasteiger partial charge is 0.462 e. The smallest absolute Gasteiger partial charge is 0.341 e. The first-order valence-corrected chi connectivity index (χ1v) is 7.48. The number of rotatable bonds is 8. The first kappa shape index (κ1) is 17.7. The van der Waals surface area contributed by atoms with Gasteiger partial charge in [0.2, 0.25) is 0 Å². The molecule has 1 aromatic carbocycles. The van der Waals surface area contributed by atoms with Gasteiger partial charge >= 0.3 is 11.9 Å². The molecule has 0 radical (unpaired) electrons. The summed E-state index contributed by atoms with van der Waals surface area (Å²) in [6, 6.07) is 9.03. The van der Waals surface area contributed by atoms with Gasteiger partial charge in [0.05, 0.1) is 12.2 Å². The Hall–Kier alpha value is -2.32. The van der Waals surface area contributed by atoms with Gasteiger partial charge in [0.1, 0.15) is 5.75 Å². The fourth-order valence-electron chi connectivity index (χ4n) is 1.71. The maximum atomic E-state index is 11.6. The third kappa shape index (κ3) is 7.46. The maximum Gasteiger partial charge on any atom is 0.341 e. The molecule has 0 unspecified atom stereocenters. The minimum Gasteiger partial charge on any atom is -0.462 e. The molecule has 4 nitrogen and oxygen atoms in total. The van der Waals surface area contributed by atoms with Crippen LogP contribution in [-0.4, -0.2) is 18.5 Å². The van der Waals surface area contributed by atoms with Crippen LogP contribution in [-0.2, 0) is 14.3 Å². The Balaban J connectivity index is 2.21. The van der Waals surface area contributed by atoms with Gasteiger partial charge in [-0.2, -0.15) is 0 Å². The van der Waals surface area contributed by atoms with Crippen molar-refractivity contribution in [1.82, 2.24) is 0 Å². The molecule has 0 saturated heterocycles. The lowest BCUT2D eigenvalue weighted by Crippen LogP contribution is -2.07. The van der Waals surface area contributed by atoms with Crippen molar-refractivity contribution in [2.45, 2.75) is 39.5 Å². The van der Waals surface area contributed by atoms with Crippen LogP contribution in [0, 0.1) is 0 Å². The summed E-state index contributed by atoms with van der Waals surface area (Å²) in [5.74, 6) is -0.000921. The molecule has 0 spiro atoms. The van der Waals surface area contributed by atoms with Gasteiger partial charge in [-0.25, -0.2) is 4.79 Å². The molecule has 118 valence electrons. The zero-order chi connectivity index (χ0) is 16.2. The predicted molar refractivity (Wildman–Crippen MR) is 84.4 cm³/mol. The highest BCUT2D eigenvalue weighted by molar-refractivity contribution is 5.87. The van der Waals surface area contributed by atoms with Crippen LogP contribution >= 0.6 is 0 Å². The third-order valence-corrected chi connectivity index (χ3v) is 2.85. The number of para-hydroxylation sites is 1. The van der Waals surface area contributed by atoms with E-state index >= 15 is 0 Å². The predicted octanol–water partition coefficient (Wildman–Crippen LogP) is 3.82. The summed E-state index contributed by atoms with van der Waals surface area (Å²) < 4.78 is 10.0. The second-order valence-corrected chi connectivity index (χ2v) is 4.73. The van der Waals surface area contributed by atoms with Crippen molar-refractivity contribution in [1.29, 1.82) is 0 Å². The van der Waals surface area contributed by atoms with Crippen LogP contribution in [0.3, 0.4) is 0 Å². The zero-order valence-electron chi connectivity index (χ0n) is 13.1. The van der Waals surface area contributed by atoms with E-state index in [0.29, 0.717) is 24.4 Å². The van der Waals surface area contributed by atoms with Gasteiger partial charge < -0.3 is 9.47 Å². The van der Waals surface area contributed by atoms with Crippen molar-refractivity contribution in [2.24, 2.45) is 0 Å². The molecular weight excluding hydrogens is 280 g/mol. The van der Waals surface area contributed by atoms with Crippen LogP contribution in [0.5, 0.6) is 5.75 Å². The Morgan fingerprint density at radius 2 is 1.91 bits per heavy atom. The Bertz CT molecular complexity index is 539. The van der Waals surface area contributed by atoms with E-state index in [1.807, 2.05) is 18.2 Å². The van der Waals surface area contributed by atoms with E-state index < -0.39 is 0 Å². The lowest BCUT2D eigenvalue weighted by molar-refractivity contribution is -0.138. The average molecular weight is 302 g/mol. The number of ether oxygens (including phenoxy) is 2. The Kier molecular flexibility index (Phi) is 8.39. The highest BCUT2D eigenvalue weighted by Crippen LogP contribution is 2.10. The Labute approximate surface area is 131 Å². The van der Waals surface area contributed by atoms with Gasteiger partial charge in [0.15, 0.2) is 0 Å². The van der Waals surface area contributed by atoms with E-state index in [0.717, 1.165) is 19.3 Å². The molecule has 0 amide bonds. The number of hydrogen-bond donors (Lipinski definition) is 0.